The van der Waals surface area contributed by atoms with Gasteiger partial charge >= 0.3 is 0 Å². The summed E-state index contributed by atoms with van der Waals surface area (Å²) in [4.78, 5) is 0. The van der Waals surface area contributed by atoms with E-state index in [1.165, 1.54) is 16.7 Å². The van der Waals surface area contributed by atoms with Gasteiger partial charge in [-0.3, -0.25) is 4.68 Å². The molecule has 0 spiro atoms. The number of benzene rings is 1. The van der Waals surface area contributed by atoms with Crippen LogP contribution in [0.4, 0.5) is 0 Å². The molecule has 1 aromatic heterocycles. The summed E-state index contributed by atoms with van der Waals surface area (Å²) in [5.41, 5.74) is 3.66. The Labute approximate surface area is 108 Å². The standard InChI is InChI=1S/C15H20N2O/c1-12-5-3-4-6-14(12)9-15(18)8-7-13-10-16-17(2)11-13/h3-6,10-11,15,18H,7-9H2,1-2H3. The third-order valence-corrected chi connectivity index (χ3v) is 3.24. The molecule has 0 fully saturated rings. The van der Waals surface area contributed by atoms with E-state index in [4.69, 9.17) is 0 Å². The van der Waals surface area contributed by atoms with Crippen LogP contribution in [0.1, 0.15) is 23.1 Å². The molecule has 0 saturated heterocycles. The van der Waals surface area contributed by atoms with E-state index in [0.29, 0.717) is 0 Å². The van der Waals surface area contributed by atoms with Crippen molar-refractivity contribution in [2.75, 3.05) is 0 Å². The smallest absolute Gasteiger partial charge is 0.0583 e. The molecule has 3 nitrogen and oxygen atoms in total. The van der Waals surface area contributed by atoms with Crippen LogP contribution >= 0.6 is 0 Å². The Morgan fingerprint density at radius 2 is 2.11 bits per heavy atom. The summed E-state index contributed by atoms with van der Waals surface area (Å²) < 4.78 is 1.79. The first-order chi connectivity index (χ1) is 8.65. The van der Waals surface area contributed by atoms with E-state index in [1.54, 1.807) is 4.68 Å². The second kappa shape index (κ2) is 5.83. The van der Waals surface area contributed by atoms with Crippen LogP contribution in [0, 0.1) is 6.92 Å². The lowest BCUT2D eigenvalue weighted by Crippen LogP contribution is -2.12. The van der Waals surface area contributed by atoms with Gasteiger partial charge in [0.05, 0.1) is 12.3 Å². The number of aromatic nitrogens is 2. The minimum absolute atomic E-state index is 0.286. The van der Waals surface area contributed by atoms with Gasteiger partial charge in [0.25, 0.3) is 0 Å². The molecule has 0 aliphatic rings. The summed E-state index contributed by atoms with van der Waals surface area (Å²) in [6.07, 6.45) is 5.96. The van der Waals surface area contributed by atoms with Gasteiger partial charge in [0.1, 0.15) is 0 Å². The fraction of sp³-hybridized carbons (Fsp3) is 0.400. The van der Waals surface area contributed by atoms with Gasteiger partial charge in [0.2, 0.25) is 0 Å². The first-order valence-electron chi connectivity index (χ1n) is 6.35. The van der Waals surface area contributed by atoms with Crippen molar-refractivity contribution in [2.45, 2.75) is 32.3 Å². The van der Waals surface area contributed by atoms with Crippen LogP contribution in [0.15, 0.2) is 36.7 Å². The van der Waals surface area contributed by atoms with Crippen molar-refractivity contribution in [2.24, 2.45) is 7.05 Å². The van der Waals surface area contributed by atoms with Gasteiger partial charge in [-0.1, -0.05) is 24.3 Å². The largest absolute Gasteiger partial charge is 0.393 e. The van der Waals surface area contributed by atoms with Gasteiger partial charge < -0.3 is 5.11 Å². The maximum absolute atomic E-state index is 10.1. The summed E-state index contributed by atoms with van der Waals surface area (Å²) in [5.74, 6) is 0. The zero-order chi connectivity index (χ0) is 13.0. The summed E-state index contributed by atoms with van der Waals surface area (Å²) in [5, 5.41) is 14.2. The lowest BCUT2D eigenvalue weighted by Gasteiger charge is -2.11. The van der Waals surface area contributed by atoms with Crippen LogP contribution in [-0.4, -0.2) is 21.0 Å². The van der Waals surface area contributed by atoms with Crippen molar-refractivity contribution in [3.05, 3.63) is 53.3 Å². The van der Waals surface area contributed by atoms with E-state index in [0.717, 1.165) is 19.3 Å². The van der Waals surface area contributed by atoms with Gasteiger partial charge in [-0.05, 0) is 42.9 Å². The third-order valence-electron chi connectivity index (χ3n) is 3.24. The number of hydrogen-bond acceptors (Lipinski definition) is 2. The van der Waals surface area contributed by atoms with E-state index in [1.807, 2.05) is 31.6 Å². The molecule has 1 N–H and O–H groups in total. The number of aliphatic hydroxyl groups is 1. The number of aliphatic hydroxyl groups excluding tert-OH is 1. The molecule has 3 heteroatoms. The highest BCUT2D eigenvalue weighted by molar-refractivity contribution is 5.26. The Kier molecular flexibility index (Phi) is 4.15. The summed E-state index contributed by atoms with van der Waals surface area (Å²) in [6.45, 7) is 2.09. The number of hydrogen-bond donors (Lipinski definition) is 1. The Hall–Kier alpha value is -1.61. The normalized spacial score (nSPS) is 12.6. The molecule has 2 aromatic rings. The van der Waals surface area contributed by atoms with Crippen molar-refractivity contribution in [1.82, 2.24) is 9.78 Å². The topological polar surface area (TPSA) is 38.1 Å². The second-order valence-corrected chi connectivity index (χ2v) is 4.85. The van der Waals surface area contributed by atoms with Crippen LogP contribution in [-0.2, 0) is 19.9 Å². The highest BCUT2D eigenvalue weighted by atomic mass is 16.3. The van der Waals surface area contributed by atoms with E-state index >= 15 is 0 Å². The van der Waals surface area contributed by atoms with Crippen LogP contribution in [0.2, 0.25) is 0 Å². The van der Waals surface area contributed by atoms with Gasteiger partial charge in [0.15, 0.2) is 0 Å². The van der Waals surface area contributed by atoms with E-state index in [-0.39, 0.29) is 6.10 Å². The molecule has 18 heavy (non-hydrogen) atoms. The molecule has 0 aliphatic carbocycles. The molecule has 0 bridgehead atoms. The molecule has 0 amide bonds. The molecular weight excluding hydrogens is 224 g/mol. The van der Waals surface area contributed by atoms with Gasteiger partial charge in [0, 0.05) is 13.2 Å². The Morgan fingerprint density at radius 1 is 1.33 bits per heavy atom. The first-order valence-corrected chi connectivity index (χ1v) is 6.35. The zero-order valence-corrected chi connectivity index (χ0v) is 11.0. The maximum atomic E-state index is 10.1. The van der Waals surface area contributed by atoms with E-state index in [9.17, 15) is 5.11 Å². The average molecular weight is 244 g/mol. The SMILES string of the molecule is Cc1ccccc1CC(O)CCc1cnn(C)c1. The van der Waals surface area contributed by atoms with Crippen LogP contribution in [0.25, 0.3) is 0 Å². The van der Waals surface area contributed by atoms with Crippen molar-refractivity contribution in [3.8, 4) is 0 Å². The molecular formula is C15H20N2O. The minimum atomic E-state index is -0.286. The van der Waals surface area contributed by atoms with Crippen LogP contribution in [0.3, 0.4) is 0 Å². The Balaban J connectivity index is 1.85. The number of nitrogens with zero attached hydrogens (tertiary/aromatic N) is 2. The number of rotatable bonds is 5. The fourth-order valence-electron chi connectivity index (χ4n) is 2.13. The summed E-state index contributed by atoms with van der Waals surface area (Å²) >= 11 is 0. The summed E-state index contributed by atoms with van der Waals surface area (Å²) in [7, 11) is 1.91. The van der Waals surface area contributed by atoms with Crippen LogP contribution in [0.5, 0.6) is 0 Å². The van der Waals surface area contributed by atoms with Crippen molar-refractivity contribution in [1.29, 1.82) is 0 Å². The Morgan fingerprint density at radius 3 is 2.78 bits per heavy atom. The molecule has 1 aromatic carbocycles. The predicted molar refractivity (Wildman–Crippen MR) is 72.4 cm³/mol. The van der Waals surface area contributed by atoms with Gasteiger partial charge in [-0.25, -0.2) is 0 Å². The first kappa shape index (κ1) is 12.8. The maximum Gasteiger partial charge on any atom is 0.0583 e. The van der Waals surface area contributed by atoms with Gasteiger partial charge in [-0.2, -0.15) is 5.10 Å². The monoisotopic (exact) mass is 244 g/mol. The minimum Gasteiger partial charge on any atom is -0.393 e. The highest BCUT2D eigenvalue weighted by Crippen LogP contribution is 2.13. The second-order valence-electron chi connectivity index (χ2n) is 4.85. The zero-order valence-electron chi connectivity index (χ0n) is 11.0. The molecule has 0 radical (unpaired) electrons. The third kappa shape index (κ3) is 3.44. The highest BCUT2D eigenvalue weighted by Gasteiger charge is 2.08. The fourth-order valence-corrected chi connectivity index (χ4v) is 2.13. The average Bonchev–Trinajstić information content (AvgIpc) is 2.76. The molecule has 96 valence electrons. The molecule has 1 unspecified atom stereocenters. The Bertz CT molecular complexity index is 505. The molecule has 1 heterocycles. The predicted octanol–water partition coefficient (Wildman–Crippen LogP) is 2.26. The van der Waals surface area contributed by atoms with E-state index < -0.39 is 0 Å². The lowest BCUT2D eigenvalue weighted by molar-refractivity contribution is 0.165. The number of aryl methyl sites for hydroxylation is 3. The van der Waals surface area contributed by atoms with E-state index in [2.05, 4.69) is 24.2 Å². The molecule has 0 aliphatic heterocycles. The molecule has 2 rings (SSSR count). The van der Waals surface area contributed by atoms with Crippen molar-refractivity contribution in [3.63, 3.8) is 0 Å². The van der Waals surface area contributed by atoms with Crippen molar-refractivity contribution >= 4 is 0 Å². The quantitative estimate of drug-likeness (QED) is 0.876. The lowest BCUT2D eigenvalue weighted by atomic mass is 9.99. The van der Waals surface area contributed by atoms with Crippen molar-refractivity contribution < 1.29 is 5.11 Å². The molecule has 0 saturated carbocycles. The van der Waals surface area contributed by atoms with Crippen LogP contribution < -0.4 is 0 Å². The molecule has 1 atom stereocenters. The van der Waals surface area contributed by atoms with Gasteiger partial charge in [-0.15, -0.1) is 0 Å². The summed E-state index contributed by atoms with van der Waals surface area (Å²) in [6, 6.07) is 8.23.